The van der Waals surface area contributed by atoms with E-state index < -0.39 is 6.61 Å². The monoisotopic (exact) mass is 329 g/mol. The lowest BCUT2D eigenvalue weighted by molar-refractivity contribution is -0.113. The Bertz CT molecular complexity index is 559. The molecule has 3 nitrogen and oxygen atoms in total. The Kier molecular flexibility index (Phi) is 6.01. The highest BCUT2D eigenvalue weighted by molar-refractivity contribution is 7.99. The molecule has 2 rings (SSSR count). The predicted molar refractivity (Wildman–Crippen MR) is 82.2 cm³/mol. The first kappa shape index (κ1) is 15.8. The van der Waals surface area contributed by atoms with Gasteiger partial charge in [0.25, 0.3) is 0 Å². The quantitative estimate of drug-likeness (QED) is 0.826. The van der Waals surface area contributed by atoms with Gasteiger partial charge in [-0.15, -0.1) is 23.1 Å². The Hall–Kier alpha value is -1.60. The number of rotatable bonds is 7. The van der Waals surface area contributed by atoms with Gasteiger partial charge >= 0.3 is 6.61 Å². The average molecular weight is 329 g/mol. The molecule has 7 heteroatoms. The summed E-state index contributed by atoms with van der Waals surface area (Å²) in [6.07, 6.45) is 0. The van der Waals surface area contributed by atoms with Gasteiger partial charge in [-0.25, -0.2) is 0 Å². The molecule has 0 saturated heterocycles. The van der Waals surface area contributed by atoms with Gasteiger partial charge in [-0.3, -0.25) is 4.79 Å². The first-order chi connectivity index (χ1) is 10.1. The van der Waals surface area contributed by atoms with E-state index in [9.17, 15) is 13.6 Å². The molecule has 112 valence electrons. The van der Waals surface area contributed by atoms with E-state index in [0.717, 1.165) is 5.75 Å². The van der Waals surface area contributed by atoms with E-state index in [1.807, 2.05) is 17.5 Å². The van der Waals surface area contributed by atoms with Crippen LogP contribution in [-0.2, 0) is 10.5 Å². The third kappa shape index (κ3) is 5.73. The zero-order valence-electron chi connectivity index (χ0n) is 10.9. The summed E-state index contributed by atoms with van der Waals surface area (Å²) < 4.78 is 28.2. The summed E-state index contributed by atoms with van der Waals surface area (Å²) in [6, 6.07) is 9.83. The normalized spacial score (nSPS) is 10.6. The van der Waals surface area contributed by atoms with Crippen molar-refractivity contribution in [3.05, 3.63) is 46.7 Å². The molecule has 0 radical (unpaired) electrons. The van der Waals surface area contributed by atoms with Gasteiger partial charge in [0, 0.05) is 16.3 Å². The molecular weight excluding hydrogens is 316 g/mol. The van der Waals surface area contributed by atoms with Crippen LogP contribution < -0.4 is 10.1 Å². The van der Waals surface area contributed by atoms with Gasteiger partial charge in [0.1, 0.15) is 5.75 Å². The molecule has 1 N–H and O–H groups in total. The van der Waals surface area contributed by atoms with Crippen molar-refractivity contribution in [3.8, 4) is 5.75 Å². The number of hydrogen-bond donors (Lipinski definition) is 1. The van der Waals surface area contributed by atoms with E-state index >= 15 is 0 Å². The molecule has 0 bridgehead atoms. The second-order valence-corrected chi connectivity index (χ2v) is 6.04. The van der Waals surface area contributed by atoms with Crippen LogP contribution in [0.4, 0.5) is 14.5 Å². The van der Waals surface area contributed by atoms with Gasteiger partial charge in [-0.05, 0) is 35.7 Å². The fourth-order valence-corrected chi connectivity index (χ4v) is 3.22. The number of amides is 1. The number of ether oxygens (including phenoxy) is 1. The lowest BCUT2D eigenvalue weighted by atomic mass is 10.3. The number of hydrogen-bond acceptors (Lipinski definition) is 4. The minimum absolute atomic E-state index is 0.0649. The smallest absolute Gasteiger partial charge is 0.387 e. The standard InChI is InChI=1S/C14H13F2NO2S2/c15-14(16)19-11-5-3-10(4-6-11)17-13(18)9-20-8-12-2-1-7-21-12/h1-7,14H,8-9H2,(H,17,18). The third-order valence-corrected chi connectivity index (χ3v) is 4.46. The van der Waals surface area contributed by atoms with Crippen LogP contribution in [0, 0.1) is 0 Å². The zero-order chi connectivity index (χ0) is 15.1. The van der Waals surface area contributed by atoms with Gasteiger partial charge in [-0.2, -0.15) is 8.78 Å². The summed E-state index contributed by atoms with van der Waals surface area (Å²) >= 11 is 3.18. The fraction of sp³-hybridized carbons (Fsp3) is 0.214. The molecule has 21 heavy (non-hydrogen) atoms. The number of thiophene rings is 1. The van der Waals surface area contributed by atoms with Crippen LogP contribution >= 0.6 is 23.1 Å². The minimum atomic E-state index is -2.85. The highest BCUT2D eigenvalue weighted by Crippen LogP contribution is 2.19. The molecule has 2 aromatic rings. The van der Waals surface area contributed by atoms with Gasteiger partial charge in [-0.1, -0.05) is 6.07 Å². The first-order valence-corrected chi connectivity index (χ1v) is 8.12. The minimum Gasteiger partial charge on any atom is -0.435 e. The van der Waals surface area contributed by atoms with Crippen LogP contribution in [0.5, 0.6) is 5.75 Å². The average Bonchev–Trinajstić information content (AvgIpc) is 2.93. The topological polar surface area (TPSA) is 38.3 Å². The van der Waals surface area contributed by atoms with Gasteiger partial charge in [0.15, 0.2) is 0 Å². The summed E-state index contributed by atoms with van der Waals surface area (Å²) in [7, 11) is 0. The van der Waals surface area contributed by atoms with E-state index in [1.165, 1.54) is 40.9 Å². The lowest BCUT2D eigenvalue weighted by Gasteiger charge is -2.07. The fourth-order valence-electron chi connectivity index (χ4n) is 1.56. The summed E-state index contributed by atoms with van der Waals surface area (Å²) in [5, 5.41) is 4.70. The van der Waals surface area contributed by atoms with Crippen LogP contribution in [-0.4, -0.2) is 18.3 Å². The van der Waals surface area contributed by atoms with Crippen molar-refractivity contribution in [2.24, 2.45) is 0 Å². The van der Waals surface area contributed by atoms with E-state index in [0.29, 0.717) is 11.4 Å². The number of thioether (sulfide) groups is 1. The maximum absolute atomic E-state index is 12.0. The largest absolute Gasteiger partial charge is 0.435 e. The van der Waals surface area contributed by atoms with Crippen LogP contribution in [0.25, 0.3) is 0 Å². The van der Waals surface area contributed by atoms with Gasteiger partial charge in [0.2, 0.25) is 5.91 Å². The Balaban J connectivity index is 1.74. The number of anilines is 1. The molecule has 0 aliphatic carbocycles. The molecule has 0 unspecified atom stereocenters. The summed E-state index contributed by atoms with van der Waals surface area (Å²) in [5.74, 6) is 1.08. The molecule has 0 atom stereocenters. The number of alkyl halides is 2. The van der Waals surface area contributed by atoms with E-state index in [4.69, 9.17) is 0 Å². The maximum Gasteiger partial charge on any atom is 0.387 e. The molecule has 1 amide bonds. The third-order valence-electron chi connectivity index (χ3n) is 2.42. The Morgan fingerprint density at radius 2 is 2.05 bits per heavy atom. The molecule has 1 aromatic heterocycles. The molecule has 0 saturated carbocycles. The van der Waals surface area contributed by atoms with E-state index in [2.05, 4.69) is 10.1 Å². The highest BCUT2D eigenvalue weighted by atomic mass is 32.2. The number of carbonyl (C=O) groups is 1. The molecule has 0 aliphatic rings. The van der Waals surface area contributed by atoms with Crippen molar-refractivity contribution in [1.29, 1.82) is 0 Å². The lowest BCUT2D eigenvalue weighted by Crippen LogP contribution is -2.14. The second-order valence-electron chi connectivity index (χ2n) is 4.02. The van der Waals surface area contributed by atoms with Crippen LogP contribution in [0.15, 0.2) is 41.8 Å². The molecule has 0 spiro atoms. The Labute approximate surface area is 129 Å². The summed E-state index contributed by atoms with van der Waals surface area (Å²) in [4.78, 5) is 12.9. The molecule has 0 aliphatic heterocycles. The summed E-state index contributed by atoms with van der Waals surface area (Å²) in [5.41, 5.74) is 0.554. The number of benzene rings is 1. The number of carbonyl (C=O) groups excluding carboxylic acids is 1. The number of nitrogens with one attached hydrogen (secondary N) is 1. The van der Waals surface area contributed by atoms with Crippen LogP contribution in [0.2, 0.25) is 0 Å². The van der Waals surface area contributed by atoms with E-state index in [1.54, 1.807) is 11.3 Å². The van der Waals surface area contributed by atoms with Crippen LogP contribution in [0.1, 0.15) is 4.88 Å². The van der Waals surface area contributed by atoms with Crippen molar-refractivity contribution in [2.45, 2.75) is 12.4 Å². The zero-order valence-corrected chi connectivity index (χ0v) is 12.6. The Morgan fingerprint density at radius 1 is 1.29 bits per heavy atom. The Morgan fingerprint density at radius 3 is 2.67 bits per heavy atom. The van der Waals surface area contributed by atoms with Crippen molar-refractivity contribution < 1.29 is 18.3 Å². The van der Waals surface area contributed by atoms with Gasteiger partial charge < -0.3 is 10.1 Å². The first-order valence-electron chi connectivity index (χ1n) is 6.08. The van der Waals surface area contributed by atoms with Crippen molar-refractivity contribution >= 4 is 34.7 Å². The summed E-state index contributed by atoms with van der Waals surface area (Å²) in [6.45, 7) is -2.85. The number of halogens is 2. The second kappa shape index (κ2) is 7.99. The predicted octanol–water partition coefficient (Wildman–Crippen LogP) is 4.22. The maximum atomic E-state index is 12.0. The van der Waals surface area contributed by atoms with E-state index in [-0.39, 0.29) is 11.7 Å². The molecule has 0 fully saturated rings. The van der Waals surface area contributed by atoms with Gasteiger partial charge in [0.05, 0.1) is 5.75 Å². The molecule has 1 aromatic carbocycles. The highest BCUT2D eigenvalue weighted by Gasteiger charge is 2.06. The SMILES string of the molecule is O=C(CSCc1cccs1)Nc1ccc(OC(F)F)cc1. The van der Waals surface area contributed by atoms with Crippen LogP contribution in [0.3, 0.4) is 0 Å². The molecule has 1 heterocycles. The van der Waals surface area contributed by atoms with Crippen molar-refractivity contribution in [2.75, 3.05) is 11.1 Å². The molecular formula is C14H13F2NO2S2. The van der Waals surface area contributed by atoms with Crippen molar-refractivity contribution in [3.63, 3.8) is 0 Å². The van der Waals surface area contributed by atoms with Crippen molar-refractivity contribution in [1.82, 2.24) is 0 Å².